The zero-order valence-corrected chi connectivity index (χ0v) is 18.9. The summed E-state index contributed by atoms with van der Waals surface area (Å²) < 4.78 is 20.8. The van der Waals surface area contributed by atoms with Crippen LogP contribution in [-0.4, -0.2) is 41.1 Å². The van der Waals surface area contributed by atoms with E-state index in [1.165, 1.54) is 24.3 Å². The lowest BCUT2D eigenvalue weighted by atomic mass is 9.82. The van der Waals surface area contributed by atoms with Gasteiger partial charge in [0.05, 0.1) is 5.69 Å². The number of nitrogens with zero attached hydrogens (tertiary/aromatic N) is 2. The average Bonchev–Trinajstić information content (AvgIpc) is 2.84. The Morgan fingerprint density at radius 1 is 0.971 bits per heavy atom. The molecule has 8 nitrogen and oxygen atoms in total. The summed E-state index contributed by atoms with van der Waals surface area (Å²) in [6.45, 7) is 1.38. The summed E-state index contributed by atoms with van der Waals surface area (Å²) in [4.78, 5) is 39.9. The van der Waals surface area contributed by atoms with Crippen LogP contribution in [0.5, 0.6) is 5.75 Å². The number of aromatic nitrogens is 1. The topological polar surface area (TPSA) is 92.7 Å². The van der Waals surface area contributed by atoms with Crippen LogP contribution in [0.2, 0.25) is 0 Å². The number of rotatable bonds is 5. The van der Waals surface area contributed by atoms with Crippen LogP contribution in [0.3, 0.4) is 0 Å². The van der Waals surface area contributed by atoms with E-state index in [0.29, 0.717) is 42.5 Å². The third-order valence-corrected chi connectivity index (χ3v) is 6.38. The molecule has 1 saturated heterocycles. The minimum Gasteiger partial charge on any atom is -0.484 e. The van der Waals surface area contributed by atoms with Crippen molar-refractivity contribution >= 4 is 23.3 Å². The largest absolute Gasteiger partial charge is 0.484 e. The van der Waals surface area contributed by atoms with Crippen molar-refractivity contribution in [3.8, 4) is 5.75 Å². The minimum absolute atomic E-state index is 0.0633. The van der Waals surface area contributed by atoms with Crippen molar-refractivity contribution in [1.82, 2.24) is 9.47 Å². The number of urea groups is 1. The molecule has 3 aromatic rings. The van der Waals surface area contributed by atoms with E-state index >= 15 is 0 Å². The van der Waals surface area contributed by atoms with Crippen molar-refractivity contribution in [2.45, 2.75) is 18.9 Å². The maximum atomic E-state index is 13.5. The number of ether oxygens (including phenoxy) is 1. The lowest BCUT2D eigenvalue weighted by molar-refractivity contribution is -0.136. The Morgan fingerprint density at radius 2 is 1.80 bits per heavy atom. The number of hydrogen-bond donors (Lipinski definition) is 2. The highest BCUT2D eigenvalue weighted by Gasteiger charge is 2.38. The number of hydrogen-bond acceptors (Lipinski definition) is 4. The number of benzene rings is 2. The van der Waals surface area contributed by atoms with E-state index in [1.54, 1.807) is 33.7 Å². The third-order valence-electron chi connectivity index (χ3n) is 6.38. The molecule has 0 aliphatic carbocycles. The molecule has 2 unspecified atom stereocenters. The number of carbonyl (C=O) groups excluding carboxylic acids is 2. The lowest BCUT2D eigenvalue weighted by Crippen LogP contribution is -2.50. The van der Waals surface area contributed by atoms with Gasteiger partial charge in [-0.2, -0.15) is 0 Å². The molecule has 35 heavy (non-hydrogen) atoms. The Balaban J connectivity index is 1.32. The predicted molar refractivity (Wildman–Crippen MR) is 129 cm³/mol. The molecule has 2 bridgehead atoms. The fourth-order valence-electron chi connectivity index (χ4n) is 4.93. The number of pyridine rings is 1. The first-order valence-corrected chi connectivity index (χ1v) is 11.5. The van der Waals surface area contributed by atoms with Crippen LogP contribution in [0.1, 0.15) is 18.0 Å². The van der Waals surface area contributed by atoms with Crippen molar-refractivity contribution in [3.63, 3.8) is 0 Å². The van der Waals surface area contributed by atoms with Gasteiger partial charge in [0.1, 0.15) is 11.6 Å². The lowest BCUT2D eigenvalue weighted by Gasteiger charge is -2.43. The highest BCUT2D eigenvalue weighted by molar-refractivity contribution is 6.00. The Hall–Kier alpha value is -4.14. The fourth-order valence-corrected chi connectivity index (χ4v) is 4.93. The molecule has 0 radical (unpaired) electrons. The monoisotopic (exact) mass is 476 g/mol. The van der Waals surface area contributed by atoms with Crippen LogP contribution in [0.15, 0.2) is 71.5 Å². The van der Waals surface area contributed by atoms with E-state index in [4.69, 9.17) is 4.74 Å². The molecule has 0 spiro atoms. The molecular weight excluding hydrogens is 451 g/mol. The quantitative estimate of drug-likeness (QED) is 0.588. The summed E-state index contributed by atoms with van der Waals surface area (Å²) in [6, 6.07) is 17.2. The molecule has 2 aliphatic rings. The van der Waals surface area contributed by atoms with Crippen LogP contribution < -0.4 is 20.9 Å². The first-order valence-electron chi connectivity index (χ1n) is 11.5. The van der Waals surface area contributed by atoms with Crippen molar-refractivity contribution in [1.29, 1.82) is 0 Å². The van der Waals surface area contributed by atoms with Crippen LogP contribution in [-0.2, 0) is 11.3 Å². The van der Waals surface area contributed by atoms with E-state index in [9.17, 15) is 18.8 Å². The van der Waals surface area contributed by atoms with Crippen LogP contribution >= 0.6 is 0 Å². The Kier molecular flexibility index (Phi) is 6.22. The fraction of sp³-hybridized carbons (Fsp3) is 0.269. The van der Waals surface area contributed by atoms with Gasteiger partial charge >= 0.3 is 6.03 Å². The SMILES string of the molecule is O=C(Nc1cccc(F)c1)Nc1ccc(=O)n2c1C1CC(CN(C(=O)COc3ccccc3)C1)C2. The molecule has 180 valence electrons. The zero-order valence-electron chi connectivity index (χ0n) is 18.9. The number of para-hydroxylation sites is 1. The Bertz CT molecular complexity index is 1310. The number of halogens is 1. The number of amides is 3. The number of nitrogens with one attached hydrogen (secondary N) is 2. The second-order valence-corrected chi connectivity index (χ2v) is 8.87. The summed E-state index contributed by atoms with van der Waals surface area (Å²) in [5.41, 5.74) is 1.37. The van der Waals surface area contributed by atoms with Gasteiger partial charge in [-0.3, -0.25) is 9.59 Å². The molecule has 9 heteroatoms. The van der Waals surface area contributed by atoms with Crippen LogP contribution in [0.25, 0.3) is 0 Å². The Labute approximate surface area is 201 Å². The van der Waals surface area contributed by atoms with E-state index in [1.807, 2.05) is 18.2 Å². The van der Waals surface area contributed by atoms with Crippen LogP contribution in [0, 0.1) is 11.7 Å². The third kappa shape index (κ3) is 5.03. The molecule has 3 amide bonds. The van der Waals surface area contributed by atoms with E-state index in [0.717, 1.165) is 6.42 Å². The number of piperidine rings is 1. The molecule has 0 saturated carbocycles. The van der Waals surface area contributed by atoms with Gasteiger partial charge in [-0.25, -0.2) is 9.18 Å². The number of fused-ring (bicyclic) bond motifs is 4. The van der Waals surface area contributed by atoms with Gasteiger partial charge in [0.15, 0.2) is 6.61 Å². The summed E-state index contributed by atoms with van der Waals surface area (Å²) in [6.07, 6.45) is 0.812. The molecular formula is C26H25FN4O4. The van der Waals surface area contributed by atoms with Gasteiger partial charge in [0.25, 0.3) is 11.5 Å². The minimum atomic E-state index is -0.542. The standard InChI is InChI=1S/C26H25FN4O4/c27-19-5-4-6-20(12-19)28-26(34)29-22-9-10-23(32)31-14-17-11-18(25(22)31)15-30(13-17)24(33)16-35-21-7-2-1-3-8-21/h1-10,12,17-18H,11,13-16H2,(H2,28,29,34). The van der Waals surface area contributed by atoms with E-state index in [2.05, 4.69) is 10.6 Å². The van der Waals surface area contributed by atoms with Gasteiger partial charge in [-0.15, -0.1) is 0 Å². The van der Waals surface area contributed by atoms with Crippen LogP contribution in [0.4, 0.5) is 20.6 Å². The van der Waals surface area contributed by atoms with Crippen molar-refractivity contribution in [2.75, 3.05) is 30.3 Å². The van der Waals surface area contributed by atoms with Gasteiger partial charge in [0, 0.05) is 43.0 Å². The second kappa shape index (κ2) is 9.61. The summed E-state index contributed by atoms with van der Waals surface area (Å²) in [5, 5.41) is 5.41. The second-order valence-electron chi connectivity index (χ2n) is 8.87. The summed E-state index contributed by atoms with van der Waals surface area (Å²) in [5.74, 6) is 0.0811. The van der Waals surface area contributed by atoms with Gasteiger partial charge < -0.3 is 24.8 Å². The molecule has 1 aromatic heterocycles. The maximum Gasteiger partial charge on any atom is 0.323 e. The number of likely N-dealkylation sites (tertiary alicyclic amines) is 1. The van der Waals surface area contributed by atoms with Crippen molar-refractivity contribution in [3.05, 3.63) is 88.6 Å². The average molecular weight is 477 g/mol. The van der Waals surface area contributed by atoms with E-state index < -0.39 is 11.8 Å². The summed E-state index contributed by atoms with van der Waals surface area (Å²) in [7, 11) is 0. The van der Waals surface area contributed by atoms with Gasteiger partial charge in [-0.05, 0) is 48.7 Å². The molecule has 2 atom stereocenters. The highest BCUT2D eigenvalue weighted by atomic mass is 19.1. The first kappa shape index (κ1) is 22.6. The Morgan fingerprint density at radius 3 is 2.60 bits per heavy atom. The number of carbonyl (C=O) groups is 2. The molecule has 2 aromatic carbocycles. The molecule has 3 heterocycles. The van der Waals surface area contributed by atoms with Crippen molar-refractivity contribution < 1.29 is 18.7 Å². The molecule has 2 aliphatic heterocycles. The van der Waals surface area contributed by atoms with E-state index in [-0.39, 0.29) is 29.9 Å². The highest BCUT2D eigenvalue weighted by Crippen LogP contribution is 2.38. The number of anilines is 2. The normalized spacial score (nSPS) is 18.4. The first-order chi connectivity index (χ1) is 17.0. The maximum absolute atomic E-state index is 13.5. The smallest absolute Gasteiger partial charge is 0.323 e. The van der Waals surface area contributed by atoms with Gasteiger partial charge in [0.2, 0.25) is 0 Å². The van der Waals surface area contributed by atoms with Gasteiger partial charge in [-0.1, -0.05) is 24.3 Å². The molecule has 5 rings (SSSR count). The zero-order chi connectivity index (χ0) is 24.4. The molecule has 1 fully saturated rings. The summed E-state index contributed by atoms with van der Waals surface area (Å²) >= 11 is 0. The van der Waals surface area contributed by atoms with Crippen molar-refractivity contribution in [2.24, 2.45) is 5.92 Å². The predicted octanol–water partition coefficient (Wildman–Crippen LogP) is 3.66. The molecule has 2 N–H and O–H groups in total.